The highest BCUT2D eigenvalue weighted by atomic mass is 16.3. The second kappa shape index (κ2) is 3.56. The molecule has 0 aromatic heterocycles. The molecule has 1 saturated carbocycles. The van der Waals surface area contributed by atoms with E-state index in [1.807, 2.05) is 0 Å². The first-order valence-corrected chi connectivity index (χ1v) is 5.00. The highest BCUT2D eigenvalue weighted by Gasteiger charge is 2.43. The molecule has 0 bridgehead atoms. The standard InChI is InChI=1S/C10H21NO2/c1-9(2,13)6-10(7-11)5-3-4-8(10)12/h8,12-13H,3-7,11H2,1-2H3. The Balaban J connectivity index is 2.70. The third-order valence-electron chi connectivity index (χ3n) is 3.05. The van der Waals surface area contributed by atoms with E-state index in [1.54, 1.807) is 13.8 Å². The Kier molecular flexibility index (Phi) is 3.00. The first kappa shape index (κ1) is 11.0. The summed E-state index contributed by atoms with van der Waals surface area (Å²) in [7, 11) is 0. The van der Waals surface area contributed by atoms with Crippen molar-refractivity contribution in [3.05, 3.63) is 0 Å². The molecule has 3 nitrogen and oxygen atoms in total. The van der Waals surface area contributed by atoms with Gasteiger partial charge in [-0.3, -0.25) is 0 Å². The third kappa shape index (κ3) is 2.42. The van der Waals surface area contributed by atoms with Crippen molar-refractivity contribution in [2.75, 3.05) is 6.54 Å². The zero-order valence-corrected chi connectivity index (χ0v) is 8.58. The van der Waals surface area contributed by atoms with Gasteiger partial charge in [0.1, 0.15) is 0 Å². The van der Waals surface area contributed by atoms with Crippen molar-refractivity contribution in [3.63, 3.8) is 0 Å². The maximum atomic E-state index is 9.81. The van der Waals surface area contributed by atoms with Gasteiger partial charge in [0, 0.05) is 12.0 Å². The predicted octanol–water partition coefficient (Wildman–Crippen LogP) is 0.637. The molecule has 2 atom stereocenters. The molecule has 0 aromatic carbocycles. The van der Waals surface area contributed by atoms with Crippen molar-refractivity contribution in [3.8, 4) is 0 Å². The van der Waals surface area contributed by atoms with E-state index in [9.17, 15) is 10.2 Å². The van der Waals surface area contributed by atoms with E-state index < -0.39 is 5.60 Å². The minimum Gasteiger partial charge on any atom is -0.392 e. The van der Waals surface area contributed by atoms with Crippen molar-refractivity contribution in [2.45, 2.75) is 51.2 Å². The van der Waals surface area contributed by atoms with Gasteiger partial charge in [0.15, 0.2) is 0 Å². The van der Waals surface area contributed by atoms with E-state index in [-0.39, 0.29) is 11.5 Å². The van der Waals surface area contributed by atoms with Crippen LogP contribution in [0, 0.1) is 5.41 Å². The fourth-order valence-electron chi connectivity index (χ4n) is 2.50. The van der Waals surface area contributed by atoms with Crippen LogP contribution in [0.25, 0.3) is 0 Å². The normalized spacial score (nSPS) is 35.3. The monoisotopic (exact) mass is 187 g/mol. The molecule has 1 aliphatic carbocycles. The summed E-state index contributed by atoms with van der Waals surface area (Å²) in [6.07, 6.45) is 3.05. The summed E-state index contributed by atoms with van der Waals surface area (Å²) >= 11 is 0. The Labute approximate surface area is 79.9 Å². The van der Waals surface area contributed by atoms with Gasteiger partial charge >= 0.3 is 0 Å². The summed E-state index contributed by atoms with van der Waals surface area (Å²) < 4.78 is 0. The summed E-state index contributed by atoms with van der Waals surface area (Å²) in [5.74, 6) is 0. The lowest BCUT2D eigenvalue weighted by atomic mass is 9.75. The van der Waals surface area contributed by atoms with Crippen LogP contribution in [0.15, 0.2) is 0 Å². The fraction of sp³-hybridized carbons (Fsp3) is 1.00. The number of hydrogen-bond acceptors (Lipinski definition) is 3. The summed E-state index contributed by atoms with van der Waals surface area (Å²) in [5.41, 5.74) is 4.73. The highest BCUT2D eigenvalue weighted by molar-refractivity contribution is 4.96. The molecule has 0 aromatic rings. The molecular formula is C10H21NO2. The van der Waals surface area contributed by atoms with Gasteiger partial charge in [-0.2, -0.15) is 0 Å². The van der Waals surface area contributed by atoms with Crippen molar-refractivity contribution in [1.29, 1.82) is 0 Å². The maximum Gasteiger partial charge on any atom is 0.0609 e. The molecule has 1 aliphatic rings. The molecule has 2 unspecified atom stereocenters. The molecule has 0 radical (unpaired) electrons. The average Bonchev–Trinajstić information content (AvgIpc) is 2.30. The first-order chi connectivity index (χ1) is 5.90. The van der Waals surface area contributed by atoms with E-state index in [0.717, 1.165) is 19.3 Å². The number of rotatable bonds is 3. The van der Waals surface area contributed by atoms with Crippen molar-refractivity contribution >= 4 is 0 Å². The summed E-state index contributed by atoms with van der Waals surface area (Å²) in [5, 5.41) is 19.5. The van der Waals surface area contributed by atoms with Gasteiger partial charge in [-0.05, 0) is 33.1 Å². The average molecular weight is 187 g/mol. The molecule has 1 fully saturated rings. The van der Waals surface area contributed by atoms with E-state index in [0.29, 0.717) is 13.0 Å². The molecule has 78 valence electrons. The summed E-state index contributed by atoms with van der Waals surface area (Å²) in [6.45, 7) is 4.02. The van der Waals surface area contributed by atoms with Gasteiger partial charge in [0.2, 0.25) is 0 Å². The van der Waals surface area contributed by atoms with Crippen LogP contribution >= 0.6 is 0 Å². The van der Waals surface area contributed by atoms with Crippen LogP contribution in [-0.4, -0.2) is 28.5 Å². The number of hydrogen-bond donors (Lipinski definition) is 3. The van der Waals surface area contributed by atoms with E-state index in [1.165, 1.54) is 0 Å². The Hall–Kier alpha value is -0.120. The van der Waals surface area contributed by atoms with Crippen LogP contribution < -0.4 is 5.73 Å². The van der Waals surface area contributed by atoms with Gasteiger partial charge < -0.3 is 15.9 Å². The number of nitrogens with two attached hydrogens (primary N) is 1. The van der Waals surface area contributed by atoms with Crippen molar-refractivity contribution < 1.29 is 10.2 Å². The summed E-state index contributed by atoms with van der Waals surface area (Å²) in [6, 6.07) is 0. The second-order valence-electron chi connectivity index (χ2n) is 4.96. The van der Waals surface area contributed by atoms with Crippen molar-refractivity contribution in [2.24, 2.45) is 11.1 Å². The molecule has 0 aliphatic heterocycles. The lowest BCUT2D eigenvalue weighted by molar-refractivity contribution is -0.0252. The molecular weight excluding hydrogens is 166 g/mol. The van der Waals surface area contributed by atoms with Crippen LogP contribution in [0.1, 0.15) is 39.5 Å². The Morgan fingerprint density at radius 2 is 2.15 bits per heavy atom. The molecule has 4 N–H and O–H groups in total. The van der Waals surface area contributed by atoms with Gasteiger partial charge in [0.25, 0.3) is 0 Å². The maximum absolute atomic E-state index is 9.81. The number of aliphatic hydroxyl groups excluding tert-OH is 1. The molecule has 0 saturated heterocycles. The zero-order chi connectivity index (χ0) is 10.1. The quantitative estimate of drug-likeness (QED) is 0.607. The van der Waals surface area contributed by atoms with Gasteiger partial charge in [-0.25, -0.2) is 0 Å². The van der Waals surface area contributed by atoms with E-state index in [4.69, 9.17) is 5.73 Å². The Morgan fingerprint density at radius 3 is 2.46 bits per heavy atom. The molecule has 0 heterocycles. The van der Waals surface area contributed by atoms with Gasteiger partial charge in [-0.1, -0.05) is 6.42 Å². The second-order valence-corrected chi connectivity index (χ2v) is 4.96. The smallest absolute Gasteiger partial charge is 0.0609 e. The van der Waals surface area contributed by atoms with Crippen LogP contribution in [0.5, 0.6) is 0 Å². The zero-order valence-electron chi connectivity index (χ0n) is 8.58. The van der Waals surface area contributed by atoms with Crippen molar-refractivity contribution in [1.82, 2.24) is 0 Å². The largest absolute Gasteiger partial charge is 0.392 e. The highest BCUT2D eigenvalue weighted by Crippen LogP contribution is 2.43. The summed E-state index contributed by atoms with van der Waals surface area (Å²) in [4.78, 5) is 0. The van der Waals surface area contributed by atoms with Crippen LogP contribution in [0.3, 0.4) is 0 Å². The molecule has 3 heteroatoms. The number of aliphatic hydroxyl groups is 2. The third-order valence-corrected chi connectivity index (χ3v) is 3.05. The molecule has 0 amide bonds. The van der Waals surface area contributed by atoms with Gasteiger partial charge in [0.05, 0.1) is 11.7 Å². The predicted molar refractivity (Wildman–Crippen MR) is 52.3 cm³/mol. The van der Waals surface area contributed by atoms with Crippen LogP contribution in [-0.2, 0) is 0 Å². The van der Waals surface area contributed by atoms with E-state index >= 15 is 0 Å². The fourth-order valence-corrected chi connectivity index (χ4v) is 2.50. The Bertz CT molecular complexity index is 176. The lowest BCUT2D eigenvalue weighted by Gasteiger charge is -2.36. The van der Waals surface area contributed by atoms with Crippen LogP contribution in [0.4, 0.5) is 0 Å². The lowest BCUT2D eigenvalue weighted by Crippen LogP contribution is -2.43. The Morgan fingerprint density at radius 1 is 1.54 bits per heavy atom. The minimum atomic E-state index is -0.731. The van der Waals surface area contributed by atoms with Gasteiger partial charge in [-0.15, -0.1) is 0 Å². The SMILES string of the molecule is CC(C)(O)CC1(CN)CCCC1O. The van der Waals surface area contributed by atoms with Crippen LogP contribution in [0.2, 0.25) is 0 Å². The minimum absolute atomic E-state index is 0.238. The first-order valence-electron chi connectivity index (χ1n) is 5.00. The topological polar surface area (TPSA) is 66.5 Å². The molecule has 13 heavy (non-hydrogen) atoms. The van der Waals surface area contributed by atoms with E-state index in [2.05, 4.69) is 0 Å². The molecule has 0 spiro atoms. The molecule has 1 rings (SSSR count).